The molecule has 102 valence electrons. The average Bonchev–Trinajstić information content (AvgIpc) is 2.11. The molecule has 0 aromatic heterocycles. The van der Waals surface area contributed by atoms with Crippen LogP contribution in [0.2, 0.25) is 0 Å². The van der Waals surface area contributed by atoms with Crippen LogP contribution >= 0.6 is 0 Å². The minimum atomic E-state index is -0.155. The molecule has 0 rings (SSSR count). The molecule has 17 heavy (non-hydrogen) atoms. The van der Waals surface area contributed by atoms with Gasteiger partial charge in [0.1, 0.15) is 6.61 Å². The summed E-state index contributed by atoms with van der Waals surface area (Å²) in [5, 5.41) is 2.83. The van der Waals surface area contributed by atoms with Gasteiger partial charge in [-0.1, -0.05) is 20.8 Å². The van der Waals surface area contributed by atoms with Gasteiger partial charge in [0, 0.05) is 6.54 Å². The Labute approximate surface area is 105 Å². The third kappa shape index (κ3) is 13.3. The molecular formula is C13H27NO3. The standard InChI is InChI=1S/C13H27NO3/c1-12(2,3)10-14-11(15)9-16-7-8-17-13(4,5)6/h7-10H2,1-6H3,(H,14,15). The summed E-state index contributed by atoms with van der Waals surface area (Å²) in [6.45, 7) is 13.9. The van der Waals surface area contributed by atoms with Crippen molar-refractivity contribution in [1.29, 1.82) is 0 Å². The van der Waals surface area contributed by atoms with Gasteiger partial charge in [-0.25, -0.2) is 0 Å². The molecule has 0 aliphatic heterocycles. The van der Waals surface area contributed by atoms with Crippen LogP contribution in [-0.4, -0.2) is 37.9 Å². The van der Waals surface area contributed by atoms with Gasteiger partial charge in [0.05, 0.1) is 18.8 Å². The number of carbonyl (C=O) groups excluding carboxylic acids is 1. The SMILES string of the molecule is CC(C)(C)CNC(=O)COCCOC(C)(C)C. The lowest BCUT2D eigenvalue weighted by Crippen LogP contribution is -2.35. The predicted molar refractivity (Wildman–Crippen MR) is 69.0 cm³/mol. The normalized spacial score (nSPS) is 12.6. The molecule has 0 fully saturated rings. The van der Waals surface area contributed by atoms with E-state index < -0.39 is 0 Å². The summed E-state index contributed by atoms with van der Waals surface area (Å²) in [5.74, 6) is -0.0734. The Bertz CT molecular complexity index is 226. The van der Waals surface area contributed by atoms with Crippen LogP contribution in [0.1, 0.15) is 41.5 Å². The molecule has 0 aromatic carbocycles. The van der Waals surface area contributed by atoms with Crippen molar-refractivity contribution in [2.24, 2.45) is 5.41 Å². The van der Waals surface area contributed by atoms with Gasteiger partial charge in [-0.2, -0.15) is 0 Å². The molecule has 0 bridgehead atoms. The summed E-state index contributed by atoms with van der Waals surface area (Å²) in [4.78, 5) is 11.4. The molecule has 4 nitrogen and oxygen atoms in total. The van der Waals surface area contributed by atoms with E-state index in [0.29, 0.717) is 19.8 Å². The summed E-state index contributed by atoms with van der Waals surface area (Å²) in [7, 11) is 0. The maximum Gasteiger partial charge on any atom is 0.246 e. The monoisotopic (exact) mass is 245 g/mol. The minimum Gasteiger partial charge on any atom is -0.373 e. The Morgan fingerprint density at radius 3 is 2.12 bits per heavy atom. The van der Waals surface area contributed by atoms with Gasteiger partial charge in [0.15, 0.2) is 0 Å². The van der Waals surface area contributed by atoms with Crippen LogP contribution in [0.3, 0.4) is 0 Å². The van der Waals surface area contributed by atoms with Crippen LogP contribution in [0, 0.1) is 5.41 Å². The Balaban J connectivity index is 3.47. The lowest BCUT2D eigenvalue weighted by atomic mass is 9.97. The van der Waals surface area contributed by atoms with E-state index in [0.717, 1.165) is 0 Å². The molecule has 1 amide bonds. The summed E-state index contributed by atoms with van der Waals surface area (Å²) in [5.41, 5.74) is -0.0527. The molecule has 0 atom stereocenters. The molecule has 0 aliphatic carbocycles. The second kappa shape index (κ2) is 6.97. The number of ether oxygens (including phenoxy) is 2. The molecule has 0 aromatic rings. The Morgan fingerprint density at radius 2 is 1.65 bits per heavy atom. The zero-order valence-corrected chi connectivity index (χ0v) is 12.1. The zero-order valence-electron chi connectivity index (χ0n) is 12.1. The van der Waals surface area contributed by atoms with E-state index in [1.807, 2.05) is 20.8 Å². The van der Waals surface area contributed by atoms with Crippen LogP contribution in [0.4, 0.5) is 0 Å². The Morgan fingerprint density at radius 1 is 1.06 bits per heavy atom. The van der Waals surface area contributed by atoms with E-state index in [-0.39, 0.29) is 23.5 Å². The second-order valence-electron chi connectivity index (χ2n) is 6.35. The van der Waals surface area contributed by atoms with E-state index in [1.54, 1.807) is 0 Å². The number of hydrogen-bond donors (Lipinski definition) is 1. The highest BCUT2D eigenvalue weighted by Gasteiger charge is 2.12. The molecule has 0 saturated carbocycles. The maximum atomic E-state index is 11.4. The van der Waals surface area contributed by atoms with Gasteiger partial charge in [-0.05, 0) is 26.2 Å². The van der Waals surface area contributed by atoms with E-state index in [1.165, 1.54) is 0 Å². The first-order valence-electron chi connectivity index (χ1n) is 6.08. The van der Waals surface area contributed by atoms with Crippen molar-refractivity contribution >= 4 is 5.91 Å². The predicted octanol–water partition coefficient (Wildman–Crippen LogP) is 1.98. The first kappa shape index (κ1) is 16.4. The fourth-order valence-electron chi connectivity index (χ4n) is 0.986. The minimum absolute atomic E-state index is 0.0734. The quantitative estimate of drug-likeness (QED) is 0.728. The van der Waals surface area contributed by atoms with Crippen molar-refractivity contribution in [2.45, 2.75) is 47.1 Å². The first-order valence-corrected chi connectivity index (χ1v) is 6.08. The number of hydrogen-bond acceptors (Lipinski definition) is 3. The van der Waals surface area contributed by atoms with E-state index in [4.69, 9.17) is 9.47 Å². The van der Waals surface area contributed by atoms with E-state index >= 15 is 0 Å². The number of carbonyl (C=O) groups is 1. The number of amides is 1. The Hall–Kier alpha value is -0.610. The van der Waals surface area contributed by atoms with Gasteiger partial charge in [0.2, 0.25) is 5.91 Å². The molecular weight excluding hydrogens is 218 g/mol. The average molecular weight is 245 g/mol. The molecule has 4 heteroatoms. The third-order valence-corrected chi connectivity index (χ3v) is 1.81. The van der Waals surface area contributed by atoms with Crippen molar-refractivity contribution in [3.63, 3.8) is 0 Å². The second-order valence-corrected chi connectivity index (χ2v) is 6.35. The molecule has 0 heterocycles. The fourth-order valence-corrected chi connectivity index (χ4v) is 0.986. The Kier molecular flexibility index (Phi) is 6.72. The number of rotatable bonds is 6. The summed E-state index contributed by atoms with van der Waals surface area (Å²) in [6.07, 6.45) is 0. The molecule has 0 unspecified atom stereocenters. The van der Waals surface area contributed by atoms with Crippen LogP contribution < -0.4 is 5.32 Å². The largest absolute Gasteiger partial charge is 0.373 e. The van der Waals surface area contributed by atoms with Crippen molar-refractivity contribution in [3.05, 3.63) is 0 Å². The lowest BCUT2D eigenvalue weighted by Gasteiger charge is -2.20. The fraction of sp³-hybridized carbons (Fsp3) is 0.923. The maximum absolute atomic E-state index is 11.4. The molecule has 0 saturated heterocycles. The molecule has 0 aliphatic rings. The van der Waals surface area contributed by atoms with Crippen molar-refractivity contribution in [3.8, 4) is 0 Å². The number of nitrogens with one attached hydrogen (secondary N) is 1. The van der Waals surface area contributed by atoms with Crippen LogP contribution in [0.25, 0.3) is 0 Å². The van der Waals surface area contributed by atoms with Gasteiger partial charge in [-0.3, -0.25) is 4.79 Å². The van der Waals surface area contributed by atoms with Gasteiger partial charge >= 0.3 is 0 Å². The van der Waals surface area contributed by atoms with Gasteiger partial charge in [-0.15, -0.1) is 0 Å². The third-order valence-electron chi connectivity index (χ3n) is 1.81. The zero-order chi connectivity index (χ0) is 13.5. The van der Waals surface area contributed by atoms with E-state index in [9.17, 15) is 4.79 Å². The van der Waals surface area contributed by atoms with Gasteiger partial charge < -0.3 is 14.8 Å². The highest BCUT2D eigenvalue weighted by molar-refractivity contribution is 5.77. The highest BCUT2D eigenvalue weighted by Crippen LogP contribution is 2.10. The first-order chi connectivity index (χ1) is 7.60. The lowest BCUT2D eigenvalue weighted by molar-refractivity contribution is -0.127. The molecule has 0 radical (unpaired) electrons. The van der Waals surface area contributed by atoms with E-state index in [2.05, 4.69) is 26.1 Å². The van der Waals surface area contributed by atoms with Gasteiger partial charge in [0.25, 0.3) is 0 Å². The summed E-state index contributed by atoms with van der Waals surface area (Å²) in [6, 6.07) is 0. The summed E-state index contributed by atoms with van der Waals surface area (Å²) < 4.78 is 10.7. The topological polar surface area (TPSA) is 47.6 Å². The highest BCUT2D eigenvalue weighted by atomic mass is 16.5. The smallest absolute Gasteiger partial charge is 0.246 e. The molecule has 1 N–H and O–H groups in total. The van der Waals surface area contributed by atoms with Crippen molar-refractivity contribution in [2.75, 3.05) is 26.4 Å². The van der Waals surface area contributed by atoms with Crippen LogP contribution in [0.15, 0.2) is 0 Å². The summed E-state index contributed by atoms with van der Waals surface area (Å²) >= 11 is 0. The molecule has 0 spiro atoms. The van der Waals surface area contributed by atoms with Crippen LogP contribution in [-0.2, 0) is 14.3 Å². The van der Waals surface area contributed by atoms with Crippen molar-refractivity contribution < 1.29 is 14.3 Å². The van der Waals surface area contributed by atoms with Crippen LogP contribution in [0.5, 0.6) is 0 Å². The van der Waals surface area contributed by atoms with Crippen molar-refractivity contribution in [1.82, 2.24) is 5.32 Å².